The van der Waals surface area contributed by atoms with Crippen molar-refractivity contribution in [3.8, 4) is 23.0 Å². The minimum atomic E-state index is -2.58. The molecule has 244 valence electrons. The van der Waals surface area contributed by atoms with Crippen LogP contribution in [0.4, 0.5) is 8.78 Å². The standard InChI is InChI=1S/C36H35ClF2N4O3S/c1-21-15-26(31-30(40-21)28(18-47-31)33(45)46-4)25-16-24(37)9-8-23(25)7-5-14-43-22(2)41-29-10-12-34(3,17-27(29)32(43)44)42-13-6-11-35(20-42)19-36(35,38)39/h8-9,15-16,18H,6,10-14,17,19-20H2,1-4H3/t34-,35+/m0/s1. The molecule has 0 radical (unpaired) electrons. The Morgan fingerprint density at radius 1 is 1.17 bits per heavy atom. The average molecular weight is 677 g/mol. The molecule has 0 bridgehead atoms. The summed E-state index contributed by atoms with van der Waals surface area (Å²) in [5.41, 5.74) is 4.14. The number of methoxy groups -OCH3 is 1. The molecule has 0 amide bonds. The quantitative estimate of drug-likeness (QED) is 0.171. The molecule has 3 aromatic heterocycles. The Labute approximate surface area is 280 Å². The number of esters is 1. The zero-order chi connectivity index (χ0) is 33.3. The number of likely N-dealkylation sites (tertiary alicyclic amines) is 1. The van der Waals surface area contributed by atoms with Gasteiger partial charge in [0.25, 0.3) is 11.5 Å². The molecule has 7 nitrogen and oxygen atoms in total. The number of piperidine rings is 1. The van der Waals surface area contributed by atoms with Crippen molar-refractivity contribution in [2.75, 3.05) is 20.2 Å². The highest BCUT2D eigenvalue weighted by Gasteiger charge is 2.71. The lowest BCUT2D eigenvalue weighted by atomic mass is 9.78. The molecule has 0 unspecified atom stereocenters. The van der Waals surface area contributed by atoms with E-state index in [0.717, 1.165) is 52.2 Å². The molecule has 4 heterocycles. The lowest BCUT2D eigenvalue weighted by Crippen LogP contribution is -2.56. The van der Waals surface area contributed by atoms with Gasteiger partial charge in [0.2, 0.25) is 0 Å². The van der Waals surface area contributed by atoms with Crippen LogP contribution in [-0.2, 0) is 24.1 Å². The number of halogens is 3. The van der Waals surface area contributed by atoms with Crippen LogP contribution in [0.3, 0.4) is 0 Å². The second-order valence-corrected chi connectivity index (χ2v) is 14.8. The average Bonchev–Trinajstić information content (AvgIpc) is 3.32. The summed E-state index contributed by atoms with van der Waals surface area (Å²) in [6.45, 7) is 7.09. The Hall–Kier alpha value is -3.65. The lowest BCUT2D eigenvalue weighted by Gasteiger charge is -2.48. The van der Waals surface area contributed by atoms with E-state index < -0.39 is 17.3 Å². The number of rotatable bonds is 4. The highest BCUT2D eigenvalue weighted by atomic mass is 35.5. The highest BCUT2D eigenvalue weighted by molar-refractivity contribution is 7.18. The van der Waals surface area contributed by atoms with Crippen LogP contribution in [0.15, 0.2) is 34.4 Å². The number of carbonyl (C=O) groups excluding carboxylic acids is 1. The van der Waals surface area contributed by atoms with E-state index in [9.17, 15) is 18.4 Å². The summed E-state index contributed by atoms with van der Waals surface area (Å²) in [5.74, 6) is 4.01. The third kappa shape index (κ3) is 5.46. The lowest BCUT2D eigenvalue weighted by molar-refractivity contribution is -0.0161. The Morgan fingerprint density at radius 2 is 1.96 bits per heavy atom. The SMILES string of the molecule is COC(=O)c1csc2c(-c3cc(Cl)ccc3C#CCn3c(C)nc4c(c3=O)C[C@@](C)(N3CCC[C@]5(C3)CC5(F)F)CC4)cc(C)nc12. The number of aryl methyl sites for hydroxylation is 3. The number of alkyl halides is 2. The number of hydrogen-bond acceptors (Lipinski definition) is 7. The number of fused-ring (bicyclic) bond motifs is 2. The first kappa shape index (κ1) is 31.9. The van der Waals surface area contributed by atoms with E-state index in [2.05, 4.69) is 28.6 Å². The Balaban J connectivity index is 1.19. The summed E-state index contributed by atoms with van der Waals surface area (Å²) < 4.78 is 36.0. The molecule has 2 aliphatic carbocycles. The third-order valence-electron chi connectivity index (χ3n) is 10.3. The van der Waals surface area contributed by atoms with Gasteiger partial charge in [0.15, 0.2) is 0 Å². The first-order valence-electron chi connectivity index (χ1n) is 15.8. The van der Waals surface area contributed by atoms with Crippen molar-refractivity contribution in [2.24, 2.45) is 5.41 Å². The van der Waals surface area contributed by atoms with Crippen molar-refractivity contribution >= 4 is 39.1 Å². The minimum Gasteiger partial charge on any atom is -0.465 e. The number of ether oxygens (including phenoxy) is 1. The molecular weight excluding hydrogens is 642 g/mol. The molecular formula is C36H35ClF2N4O3S. The molecule has 1 saturated heterocycles. The minimum absolute atomic E-state index is 0.0295. The van der Waals surface area contributed by atoms with Gasteiger partial charge in [-0.3, -0.25) is 19.2 Å². The molecule has 11 heteroatoms. The van der Waals surface area contributed by atoms with Crippen LogP contribution >= 0.6 is 22.9 Å². The fourth-order valence-corrected chi connectivity index (χ4v) is 8.70. The summed E-state index contributed by atoms with van der Waals surface area (Å²) in [6, 6.07) is 7.42. The fourth-order valence-electron chi connectivity index (χ4n) is 7.52. The summed E-state index contributed by atoms with van der Waals surface area (Å²) in [7, 11) is 1.35. The number of benzene rings is 1. The van der Waals surface area contributed by atoms with Crippen LogP contribution in [0, 0.1) is 31.1 Å². The topological polar surface area (TPSA) is 77.3 Å². The van der Waals surface area contributed by atoms with E-state index in [1.807, 2.05) is 32.0 Å². The van der Waals surface area contributed by atoms with E-state index >= 15 is 0 Å². The predicted octanol–water partition coefficient (Wildman–Crippen LogP) is 7.00. The molecule has 2 fully saturated rings. The Kier molecular flexibility index (Phi) is 7.81. The van der Waals surface area contributed by atoms with E-state index in [4.69, 9.17) is 21.3 Å². The summed E-state index contributed by atoms with van der Waals surface area (Å²) >= 11 is 7.86. The summed E-state index contributed by atoms with van der Waals surface area (Å²) in [4.78, 5) is 38.0. The molecule has 7 rings (SSSR count). The molecule has 1 aromatic carbocycles. The van der Waals surface area contributed by atoms with Crippen molar-refractivity contribution in [3.05, 3.63) is 78.9 Å². The van der Waals surface area contributed by atoms with E-state index in [0.29, 0.717) is 53.3 Å². The van der Waals surface area contributed by atoms with Gasteiger partial charge in [0, 0.05) is 56.9 Å². The fraction of sp³-hybridized carbons (Fsp3) is 0.444. The largest absolute Gasteiger partial charge is 0.465 e. The second kappa shape index (κ2) is 11.5. The Morgan fingerprint density at radius 3 is 2.70 bits per heavy atom. The van der Waals surface area contributed by atoms with Crippen LogP contribution in [-0.4, -0.2) is 57.1 Å². The van der Waals surface area contributed by atoms with Gasteiger partial charge in [-0.15, -0.1) is 11.3 Å². The van der Waals surface area contributed by atoms with Gasteiger partial charge >= 0.3 is 5.97 Å². The number of pyridine rings is 1. The molecule has 47 heavy (non-hydrogen) atoms. The van der Waals surface area contributed by atoms with Crippen molar-refractivity contribution in [3.63, 3.8) is 0 Å². The maximum absolute atomic E-state index is 14.3. The first-order chi connectivity index (χ1) is 22.3. The van der Waals surface area contributed by atoms with Crippen molar-refractivity contribution in [1.82, 2.24) is 19.4 Å². The molecule has 2 atom stereocenters. The van der Waals surface area contributed by atoms with Gasteiger partial charge in [-0.1, -0.05) is 23.4 Å². The van der Waals surface area contributed by atoms with Gasteiger partial charge in [0.1, 0.15) is 5.82 Å². The van der Waals surface area contributed by atoms with Gasteiger partial charge in [-0.2, -0.15) is 0 Å². The molecule has 3 aliphatic rings. The molecule has 4 aromatic rings. The molecule has 0 N–H and O–H groups in total. The molecule has 1 spiro atoms. The van der Waals surface area contributed by atoms with Crippen LogP contribution in [0.25, 0.3) is 21.3 Å². The number of nitrogens with zero attached hydrogens (tertiary/aromatic N) is 4. The van der Waals surface area contributed by atoms with Gasteiger partial charge in [-0.05, 0) is 83.7 Å². The predicted molar refractivity (Wildman–Crippen MR) is 179 cm³/mol. The number of aromatic nitrogens is 3. The number of hydrogen-bond donors (Lipinski definition) is 0. The second-order valence-electron chi connectivity index (χ2n) is 13.5. The van der Waals surface area contributed by atoms with Gasteiger partial charge in [-0.25, -0.2) is 18.6 Å². The van der Waals surface area contributed by atoms with Crippen LogP contribution in [0.1, 0.15) is 71.3 Å². The molecule has 1 aliphatic heterocycles. The highest BCUT2D eigenvalue weighted by Crippen LogP contribution is 2.65. The smallest absolute Gasteiger partial charge is 0.340 e. The van der Waals surface area contributed by atoms with Crippen LogP contribution in [0.2, 0.25) is 5.02 Å². The van der Waals surface area contributed by atoms with E-state index in [-0.39, 0.29) is 24.1 Å². The Bertz CT molecular complexity index is 2080. The third-order valence-corrected chi connectivity index (χ3v) is 11.6. The first-order valence-corrected chi connectivity index (χ1v) is 17.1. The van der Waals surface area contributed by atoms with Gasteiger partial charge in [0.05, 0.1) is 40.5 Å². The number of carbonyl (C=O) groups is 1. The van der Waals surface area contributed by atoms with Crippen molar-refractivity contribution in [1.29, 1.82) is 0 Å². The maximum atomic E-state index is 14.3. The normalized spacial score (nSPS) is 23.3. The van der Waals surface area contributed by atoms with Crippen LogP contribution in [0.5, 0.6) is 0 Å². The monoisotopic (exact) mass is 676 g/mol. The van der Waals surface area contributed by atoms with Gasteiger partial charge < -0.3 is 4.74 Å². The zero-order valence-electron chi connectivity index (χ0n) is 26.8. The van der Waals surface area contributed by atoms with E-state index in [1.165, 1.54) is 18.4 Å². The summed E-state index contributed by atoms with van der Waals surface area (Å²) in [6.07, 6.45) is 3.19. The summed E-state index contributed by atoms with van der Waals surface area (Å²) in [5, 5.41) is 2.29. The van der Waals surface area contributed by atoms with Crippen LogP contribution < -0.4 is 5.56 Å². The maximum Gasteiger partial charge on any atom is 0.340 e. The van der Waals surface area contributed by atoms with E-state index in [1.54, 1.807) is 16.0 Å². The zero-order valence-corrected chi connectivity index (χ0v) is 28.4. The number of thiophene rings is 1. The van der Waals surface area contributed by atoms with Crippen molar-refractivity contribution < 1.29 is 18.3 Å². The van der Waals surface area contributed by atoms with Crippen molar-refractivity contribution in [2.45, 2.75) is 77.3 Å². The molecule has 1 saturated carbocycles.